The number of aromatic nitrogens is 3. The topological polar surface area (TPSA) is 53.4 Å². The monoisotopic (exact) mass is 232 g/mol. The summed E-state index contributed by atoms with van der Waals surface area (Å²) in [6.07, 6.45) is 5.43. The summed E-state index contributed by atoms with van der Waals surface area (Å²) < 4.78 is 1.98. The van der Waals surface area contributed by atoms with Crippen molar-refractivity contribution >= 4 is 5.65 Å². The zero-order chi connectivity index (χ0) is 11.8. The van der Waals surface area contributed by atoms with Crippen molar-refractivity contribution in [1.29, 1.82) is 0 Å². The lowest BCUT2D eigenvalue weighted by molar-refractivity contribution is 0.178. The molecule has 1 fully saturated rings. The lowest BCUT2D eigenvalue weighted by Gasteiger charge is -2.31. The van der Waals surface area contributed by atoms with E-state index in [1.807, 2.05) is 4.40 Å². The number of H-pyrrole nitrogens is 1. The molecule has 0 amide bonds. The average molecular weight is 232 g/mol. The van der Waals surface area contributed by atoms with E-state index < -0.39 is 0 Å². The number of aromatic amines is 1. The minimum absolute atomic E-state index is 0.0113. The summed E-state index contributed by atoms with van der Waals surface area (Å²) >= 11 is 0. The van der Waals surface area contributed by atoms with Gasteiger partial charge < -0.3 is 0 Å². The number of hydrogen-bond donors (Lipinski definition) is 1. The van der Waals surface area contributed by atoms with Crippen molar-refractivity contribution in [1.82, 2.24) is 19.5 Å². The highest BCUT2D eigenvalue weighted by Gasteiger charge is 2.24. The molecule has 1 N–H and O–H groups in total. The number of nitrogens with zero attached hydrogens (tertiary/aromatic N) is 3. The molecule has 0 radical (unpaired) electrons. The predicted octanol–water partition coefficient (Wildman–Crippen LogP) is 1.18. The molecule has 0 aromatic carbocycles. The van der Waals surface area contributed by atoms with Crippen LogP contribution in [0.4, 0.5) is 0 Å². The molecule has 1 saturated heterocycles. The van der Waals surface area contributed by atoms with Gasteiger partial charge in [-0.2, -0.15) is 5.10 Å². The van der Waals surface area contributed by atoms with Crippen LogP contribution in [-0.2, 0) is 0 Å². The molecule has 1 unspecified atom stereocenters. The zero-order valence-corrected chi connectivity index (χ0v) is 9.89. The van der Waals surface area contributed by atoms with Crippen LogP contribution in [0.5, 0.6) is 0 Å². The van der Waals surface area contributed by atoms with Gasteiger partial charge in [0.2, 0.25) is 0 Å². The largest absolute Gasteiger partial charge is 0.296 e. The molecule has 0 saturated carbocycles. The maximum absolute atomic E-state index is 11.3. The van der Waals surface area contributed by atoms with Crippen LogP contribution in [0.2, 0.25) is 0 Å². The third-order valence-corrected chi connectivity index (χ3v) is 3.53. The highest BCUT2D eigenvalue weighted by atomic mass is 16.1. The molecule has 0 aliphatic carbocycles. The molecular formula is C12H16N4O. The normalized spacial score (nSPS) is 22.1. The van der Waals surface area contributed by atoms with Crippen molar-refractivity contribution in [3.63, 3.8) is 0 Å². The number of rotatable bonds is 1. The van der Waals surface area contributed by atoms with Gasteiger partial charge in [0.05, 0.1) is 6.04 Å². The third-order valence-electron chi connectivity index (χ3n) is 3.53. The molecule has 1 aliphatic heterocycles. The van der Waals surface area contributed by atoms with Crippen molar-refractivity contribution in [2.75, 3.05) is 13.6 Å². The molecule has 1 aliphatic rings. The van der Waals surface area contributed by atoms with Crippen LogP contribution in [0.25, 0.3) is 5.65 Å². The molecule has 0 spiro atoms. The van der Waals surface area contributed by atoms with E-state index in [2.05, 4.69) is 22.1 Å². The van der Waals surface area contributed by atoms with Gasteiger partial charge in [0, 0.05) is 18.3 Å². The Morgan fingerprint density at radius 1 is 1.47 bits per heavy atom. The van der Waals surface area contributed by atoms with Crippen LogP contribution >= 0.6 is 0 Å². The Morgan fingerprint density at radius 3 is 3.18 bits per heavy atom. The van der Waals surface area contributed by atoms with Crippen LogP contribution in [0.3, 0.4) is 0 Å². The maximum Gasteiger partial charge on any atom is 0.183 e. The van der Waals surface area contributed by atoms with E-state index in [-0.39, 0.29) is 5.43 Å². The van der Waals surface area contributed by atoms with Gasteiger partial charge in [-0.15, -0.1) is 0 Å². The SMILES string of the molecule is CN1CCCCC1c1n[nH]c2cc(=O)ccn12. The predicted molar refractivity (Wildman–Crippen MR) is 65.0 cm³/mol. The minimum atomic E-state index is 0.0113. The quantitative estimate of drug-likeness (QED) is 0.803. The van der Waals surface area contributed by atoms with E-state index in [1.165, 1.54) is 12.8 Å². The first-order valence-corrected chi connectivity index (χ1v) is 6.02. The Morgan fingerprint density at radius 2 is 2.35 bits per heavy atom. The lowest BCUT2D eigenvalue weighted by atomic mass is 10.0. The fourth-order valence-electron chi connectivity index (χ4n) is 2.57. The summed E-state index contributed by atoms with van der Waals surface area (Å²) in [7, 11) is 2.13. The molecule has 90 valence electrons. The molecule has 3 rings (SSSR count). The smallest absolute Gasteiger partial charge is 0.183 e. The molecule has 2 aromatic heterocycles. The van der Waals surface area contributed by atoms with Gasteiger partial charge in [-0.05, 0) is 26.4 Å². The Labute approximate surface area is 99.1 Å². The average Bonchev–Trinajstić information content (AvgIpc) is 2.72. The van der Waals surface area contributed by atoms with Gasteiger partial charge in [-0.1, -0.05) is 6.42 Å². The molecule has 5 heteroatoms. The highest BCUT2D eigenvalue weighted by molar-refractivity contribution is 5.37. The molecule has 5 nitrogen and oxygen atoms in total. The third kappa shape index (κ3) is 1.76. The molecule has 17 heavy (non-hydrogen) atoms. The second kappa shape index (κ2) is 4.00. The first-order chi connectivity index (χ1) is 8.25. The van der Waals surface area contributed by atoms with Crippen molar-refractivity contribution in [2.24, 2.45) is 0 Å². The first kappa shape index (κ1) is 10.5. The summed E-state index contributed by atoms with van der Waals surface area (Å²) in [6, 6.07) is 3.51. The van der Waals surface area contributed by atoms with Crippen molar-refractivity contribution in [2.45, 2.75) is 25.3 Å². The Kier molecular flexibility index (Phi) is 2.48. The highest BCUT2D eigenvalue weighted by Crippen LogP contribution is 2.28. The standard InChI is InChI=1S/C12H16N4O/c1-15-6-3-2-4-10(15)12-14-13-11-8-9(17)5-7-16(11)12/h5,7-8,10,13H,2-4,6H2,1H3. The number of hydrogen-bond acceptors (Lipinski definition) is 3. The van der Waals surface area contributed by atoms with E-state index in [0.29, 0.717) is 6.04 Å². The van der Waals surface area contributed by atoms with E-state index in [1.54, 1.807) is 18.3 Å². The first-order valence-electron chi connectivity index (χ1n) is 6.02. The molecular weight excluding hydrogens is 216 g/mol. The molecule has 3 heterocycles. The summed E-state index contributed by atoms with van der Waals surface area (Å²) in [5.74, 6) is 1.00. The van der Waals surface area contributed by atoms with E-state index in [4.69, 9.17) is 0 Å². The van der Waals surface area contributed by atoms with Crippen molar-refractivity contribution in [3.8, 4) is 0 Å². The van der Waals surface area contributed by atoms with Gasteiger partial charge >= 0.3 is 0 Å². The fourth-order valence-corrected chi connectivity index (χ4v) is 2.57. The minimum Gasteiger partial charge on any atom is -0.296 e. The van der Waals surface area contributed by atoms with Crippen molar-refractivity contribution in [3.05, 3.63) is 34.4 Å². The van der Waals surface area contributed by atoms with Crippen LogP contribution in [-0.4, -0.2) is 33.1 Å². The van der Waals surface area contributed by atoms with Gasteiger partial charge in [0.1, 0.15) is 5.65 Å². The van der Waals surface area contributed by atoms with Gasteiger partial charge in [-0.3, -0.25) is 19.2 Å². The van der Waals surface area contributed by atoms with Crippen LogP contribution in [0, 0.1) is 0 Å². The number of nitrogens with one attached hydrogen (secondary N) is 1. The van der Waals surface area contributed by atoms with Crippen LogP contribution in [0.1, 0.15) is 31.1 Å². The van der Waals surface area contributed by atoms with Crippen LogP contribution in [0.15, 0.2) is 23.1 Å². The Hall–Kier alpha value is -1.62. The molecule has 1 atom stereocenters. The zero-order valence-electron chi connectivity index (χ0n) is 9.89. The van der Waals surface area contributed by atoms with Crippen LogP contribution < -0.4 is 5.43 Å². The summed E-state index contributed by atoms with van der Waals surface area (Å²) in [4.78, 5) is 13.6. The second-order valence-electron chi connectivity index (χ2n) is 4.69. The second-order valence-corrected chi connectivity index (χ2v) is 4.69. The van der Waals surface area contributed by atoms with Crippen molar-refractivity contribution < 1.29 is 0 Å². The van der Waals surface area contributed by atoms with E-state index >= 15 is 0 Å². The number of fused-ring (bicyclic) bond motifs is 1. The maximum atomic E-state index is 11.3. The van der Waals surface area contributed by atoms with Gasteiger partial charge in [0.15, 0.2) is 11.3 Å². The molecule has 2 aromatic rings. The summed E-state index contributed by atoms with van der Waals surface area (Å²) in [5, 5.41) is 7.30. The molecule has 0 bridgehead atoms. The number of likely N-dealkylation sites (tertiary alicyclic amines) is 1. The fraction of sp³-hybridized carbons (Fsp3) is 0.500. The van der Waals surface area contributed by atoms with Gasteiger partial charge in [-0.25, -0.2) is 0 Å². The lowest BCUT2D eigenvalue weighted by Crippen LogP contribution is -2.31. The van der Waals surface area contributed by atoms with E-state index in [9.17, 15) is 4.79 Å². The van der Waals surface area contributed by atoms with E-state index in [0.717, 1.165) is 24.4 Å². The number of piperidine rings is 1. The van der Waals surface area contributed by atoms with Gasteiger partial charge in [0.25, 0.3) is 0 Å². The Bertz CT molecular complexity index is 585. The Balaban J connectivity index is 2.07. The summed E-state index contributed by atoms with van der Waals surface area (Å²) in [6.45, 7) is 1.11. The number of pyridine rings is 1. The summed E-state index contributed by atoms with van der Waals surface area (Å²) in [5.41, 5.74) is 0.781.